The Balaban J connectivity index is 4.40. The molecule has 0 fully saturated rings. The van der Waals surface area contributed by atoms with Crippen LogP contribution in [0.3, 0.4) is 0 Å². The minimum atomic E-state index is 0.434. The molecule has 0 radical (unpaired) electrons. The van der Waals surface area contributed by atoms with Gasteiger partial charge in [-0.1, -0.05) is 220 Å². The zero-order valence-corrected chi connectivity index (χ0v) is 36.4. The molecule has 0 spiro atoms. The number of ether oxygens (including phenoxy) is 2. The van der Waals surface area contributed by atoms with Gasteiger partial charge in [0, 0.05) is 26.3 Å². The van der Waals surface area contributed by atoms with Crippen molar-refractivity contribution in [2.45, 2.75) is 278 Å². The van der Waals surface area contributed by atoms with Crippen LogP contribution < -0.4 is 0 Å². The SMILES string of the molecule is CCCCCCCCCCCCCCCC(CCN(CCCCCCCC)CCC(CCCCCCCCCCCCCCC)OCC)OCC. The summed E-state index contributed by atoms with van der Waals surface area (Å²) in [7, 11) is 0. The van der Waals surface area contributed by atoms with Crippen molar-refractivity contribution in [3.8, 4) is 0 Å². The Hall–Kier alpha value is -0.120. The summed E-state index contributed by atoms with van der Waals surface area (Å²) < 4.78 is 12.6. The highest BCUT2D eigenvalue weighted by Gasteiger charge is 2.15. The number of hydrogen-bond donors (Lipinski definition) is 0. The van der Waals surface area contributed by atoms with Crippen LogP contribution in [0.5, 0.6) is 0 Å². The molecule has 3 nitrogen and oxygen atoms in total. The number of unbranched alkanes of at least 4 members (excludes halogenated alkanes) is 29. The topological polar surface area (TPSA) is 21.7 Å². The molecule has 308 valence electrons. The van der Waals surface area contributed by atoms with Gasteiger partial charge in [-0.3, -0.25) is 0 Å². The predicted molar refractivity (Wildman–Crippen MR) is 231 cm³/mol. The molecule has 51 heavy (non-hydrogen) atoms. The molecule has 0 rings (SSSR count). The van der Waals surface area contributed by atoms with Crippen LogP contribution in [0.1, 0.15) is 266 Å². The summed E-state index contributed by atoms with van der Waals surface area (Å²) in [5, 5.41) is 0. The van der Waals surface area contributed by atoms with Gasteiger partial charge in [-0.25, -0.2) is 0 Å². The molecule has 0 bridgehead atoms. The van der Waals surface area contributed by atoms with Crippen molar-refractivity contribution in [1.29, 1.82) is 0 Å². The molecule has 0 aliphatic carbocycles. The Labute approximate surface area is 324 Å². The fourth-order valence-electron chi connectivity index (χ4n) is 7.98. The fraction of sp³-hybridized carbons (Fsp3) is 1.00. The van der Waals surface area contributed by atoms with Gasteiger partial charge in [0.15, 0.2) is 0 Å². The van der Waals surface area contributed by atoms with Crippen LogP contribution in [0, 0.1) is 0 Å². The third-order valence-corrected chi connectivity index (χ3v) is 11.4. The van der Waals surface area contributed by atoms with Crippen LogP contribution in [0.2, 0.25) is 0 Å². The standard InChI is InChI=1S/C48H99NO2/c1-6-11-14-17-20-22-24-26-28-30-32-34-37-40-47(50-9-4)42-45-49(44-39-36-19-16-13-8-3)46-43-48(51-10-5)41-38-35-33-31-29-27-25-23-21-18-15-12-7-2/h47-48H,6-46H2,1-5H3. The van der Waals surface area contributed by atoms with Crippen LogP contribution in [-0.2, 0) is 9.47 Å². The van der Waals surface area contributed by atoms with Crippen molar-refractivity contribution >= 4 is 0 Å². The molecule has 0 aliphatic heterocycles. The Morgan fingerprint density at radius 3 is 0.804 bits per heavy atom. The summed E-state index contributed by atoms with van der Waals surface area (Å²) in [6.45, 7) is 16.7. The van der Waals surface area contributed by atoms with E-state index in [1.54, 1.807) is 0 Å². The molecular formula is C48H99NO2. The van der Waals surface area contributed by atoms with E-state index in [4.69, 9.17) is 9.47 Å². The van der Waals surface area contributed by atoms with E-state index in [-0.39, 0.29) is 0 Å². The van der Waals surface area contributed by atoms with E-state index in [0.717, 1.165) is 13.2 Å². The largest absolute Gasteiger partial charge is 0.378 e. The molecule has 0 aromatic rings. The summed E-state index contributed by atoms with van der Waals surface area (Å²) in [6.07, 6.45) is 51.1. The van der Waals surface area contributed by atoms with Gasteiger partial charge < -0.3 is 14.4 Å². The quantitative estimate of drug-likeness (QED) is 0.0584. The van der Waals surface area contributed by atoms with E-state index in [0.29, 0.717) is 12.2 Å². The van der Waals surface area contributed by atoms with E-state index in [1.165, 1.54) is 251 Å². The van der Waals surface area contributed by atoms with Crippen molar-refractivity contribution in [3.63, 3.8) is 0 Å². The maximum Gasteiger partial charge on any atom is 0.0587 e. The van der Waals surface area contributed by atoms with Gasteiger partial charge in [0.25, 0.3) is 0 Å². The molecule has 0 aliphatic rings. The van der Waals surface area contributed by atoms with Crippen molar-refractivity contribution in [1.82, 2.24) is 4.90 Å². The van der Waals surface area contributed by atoms with Crippen molar-refractivity contribution in [2.75, 3.05) is 32.8 Å². The second-order valence-electron chi connectivity index (χ2n) is 16.4. The predicted octanol–water partition coefficient (Wildman–Crippen LogP) is 16.2. The van der Waals surface area contributed by atoms with Gasteiger partial charge in [0.05, 0.1) is 12.2 Å². The van der Waals surface area contributed by atoms with Crippen molar-refractivity contribution < 1.29 is 9.47 Å². The number of rotatable bonds is 45. The summed E-state index contributed by atoms with van der Waals surface area (Å²) in [4.78, 5) is 2.78. The average molecular weight is 722 g/mol. The minimum absolute atomic E-state index is 0.434. The van der Waals surface area contributed by atoms with Crippen molar-refractivity contribution in [2.24, 2.45) is 0 Å². The summed E-state index contributed by atoms with van der Waals surface area (Å²) >= 11 is 0. The lowest BCUT2D eigenvalue weighted by molar-refractivity contribution is 0.0294. The van der Waals surface area contributed by atoms with E-state index in [2.05, 4.69) is 39.5 Å². The normalized spacial score (nSPS) is 13.1. The summed E-state index contributed by atoms with van der Waals surface area (Å²) in [5.41, 5.74) is 0. The first-order valence-electron chi connectivity index (χ1n) is 24.2. The molecule has 0 amide bonds. The molecule has 0 saturated heterocycles. The first-order chi connectivity index (χ1) is 25.2. The maximum absolute atomic E-state index is 6.31. The average Bonchev–Trinajstić information content (AvgIpc) is 3.14. The van der Waals surface area contributed by atoms with E-state index in [1.807, 2.05) is 0 Å². The van der Waals surface area contributed by atoms with Crippen LogP contribution in [0.4, 0.5) is 0 Å². The first-order valence-corrected chi connectivity index (χ1v) is 24.2. The van der Waals surface area contributed by atoms with Crippen LogP contribution >= 0.6 is 0 Å². The highest BCUT2D eigenvalue weighted by atomic mass is 16.5. The summed E-state index contributed by atoms with van der Waals surface area (Å²) in [6, 6.07) is 0. The molecule has 0 N–H and O–H groups in total. The second kappa shape index (κ2) is 44.3. The van der Waals surface area contributed by atoms with Gasteiger partial charge in [0.1, 0.15) is 0 Å². The van der Waals surface area contributed by atoms with Gasteiger partial charge in [0.2, 0.25) is 0 Å². The number of nitrogens with zero attached hydrogens (tertiary/aromatic N) is 1. The van der Waals surface area contributed by atoms with E-state index in [9.17, 15) is 0 Å². The lowest BCUT2D eigenvalue weighted by atomic mass is 10.0. The Kier molecular flexibility index (Phi) is 44.2. The monoisotopic (exact) mass is 722 g/mol. The van der Waals surface area contributed by atoms with E-state index < -0.39 is 0 Å². The van der Waals surface area contributed by atoms with Gasteiger partial charge in [-0.05, 0) is 52.5 Å². The highest BCUT2D eigenvalue weighted by molar-refractivity contribution is 4.69. The van der Waals surface area contributed by atoms with Crippen LogP contribution in [0.15, 0.2) is 0 Å². The molecule has 0 aromatic carbocycles. The maximum atomic E-state index is 6.31. The zero-order chi connectivity index (χ0) is 37.1. The van der Waals surface area contributed by atoms with Gasteiger partial charge in [-0.2, -0.15) is 0 Å². The highest BCUT2D eigenvalue weighted by Crippen LogP contribution is 2.19. The fourth-order valence-corrected chi connectivity index (χ4v) is 7.98. The van der Waals surface area contributed by atoms with Crippen molar-refractivity contribution in [3.05, 3.63) is 0 Å². The second-order valence-corrected chi connectivity index (χ2v) is 16.4. The Morgan fingerprint density at radius 1 is 0.275 bits per heavy atom. The number of hydrogen-bond acceptors (Lipinski definition) is 3. The molecule has 2 unspecified atom stereocenters. The lowest BCUT2D eigenvalue weighted by Gasteiger charge is -2.27. The molecule has 0 heterocycles. The Morgan fingerprint density at radius 2 is 0.529 bits per heavy atom. The van der Waals surface area contributed by atoms with Gasteiger partial charge in [-0.15, -0.1) is 0 Å². The first kappa shape index (κ1) is 50.9. The van der Waals surface area contributed by atoms with Crippen LogP contribution in [0.25, 0.3) is 0 Å². The van der Waals surface area contributed by atoms with E-state index >= 15 is 0 Å². The zero-order valence-electron chi connectivity index (χ0n) is 36.4. The molecule has 0 saturated carbocycles. The molecule has 2 atom stereocenters. The third-order valence-electron chi connectivity index (χ3n) is 11.4. The molecule has 0 aromatic heterocycles. The smallest absolute Gasteiger partial charge is 0.0587 e. The lowest BCUT2D eigenvalue weighted by Crippen LogP contribution is -2.32. The van der Waals surface area contributed by atoms with Gasteiger partial charge >= 0.3 is 0 Å². The molecular weight excluding hydrogens is 623 g/mol. The molecule has 3 heteroatoms. The third kappa shape index (κ3) is 39.4. The summed E-state index contributed by atoms with van der Waals surface area (Å²) in [5.74, 6) is 0. The minimum Gasteiger partial charge on any atom is -0.378 e. The Bertz CT molecular complexity index is 568. The van der Waals surface area contributed by atoms with Crippen LogP contribution in [-0.4, -0.2) is 50.0 Å².